The molecule has 4 unspecified atom stereocenters. The van der Waals surface area contributed by atoms with Gasteiger partial charge in [-0.25, -0.2) is 0 Å². The Morgan fingerprint density at radius 3 is 2.42 bits per heavy atom. The molecular formula is C15H30N2O2. The van der Waals surface area contributed by atoms with Crippen molar-refractivity contribution in [1.29, 1.82) is 0 Å². The molecule has 4 heteroatoms. The zero-order chi connectivity index (χ0) is 14.8. The highest BCUT2D eigenvalue weighted by atomic mass is 16.5. The van der Waals surface area contributed by atoms with Crippen molar-refractivity contribution in [2.24, 2.45) is 17.1 Å². The first-order valence-electron chi connectivity index (χ1n) is 7.42. The quantitative estimate of drug-likeness (QED) is 0.776. The highest BCUT2D eigenvalue weighted by Crippen LogP contribution is 2.49. The van der Waals surface area contributed by atoms with E-state index in [4.69, 9.17) is 10.5 Å². The number of hydrogen-bond donors (Lipinski definition) is 2. The standard InChI is InChI=1S/C15H30N2O2/c1-7-10(3)11(4)17-13(18)15(16)9-12(19-8-2)14(15,5)6/h10-12H,7-9,16H2,1-6H3,(H,17,18). The van der Waals surface area contributed by atoms with Crippen LogP contribution in [0.5, 0.6) is 0 Å². The molecule has 0 saturated heterocycles. The topological polar surface area (TPSA) is 64.3 Å². The van der Waals surface area contributed by atoms with Gasteiger partial charge in [0.2, 0.25) is 5.91 Å². The molecule has 1 saturated carbocycles. The highest BCUT2D eigenvalue weighted by Gasteiger charge is 2.62. The van der Waals surface area contributed by atoms with Crippen LogP contribution in [0.3, 0.4) is 0 Å². The molecule has 1 aliphatic carbocycles. The second-order valence-corrected chi connectivity index (χ2v) is 6.49. The van der Waals surface area contributed by atoms with Gasteiger partial charge < -0.3 is 15.8 Å². The van der Waals surface area contributed by atoms with Crippen LogP contribution in [-0.2, 0) is 9.53 Å². The van der Waals surface area contributed by atoms with Crippen LogP contribution in [0.1, 0.15) is 54.4 Å². The largest absolute Gasteiger partial charge is 0.378 e. The van der Waals surface area contributed by atoms with Gasteiger partial charge in [-0.1, -0.05) is 34.1 Å². The summed E-state index contributed by atoms with van der Waals surface area (Å²) in [5, 5.41) is 3.07. The molecule has 0 heterocycles. The average Bonchev–Trinajstić information content (AvgIpc) is 2.36. The molecule has 4 atom stereocenters. The molecular weight excluding hydrogens is 240 g/mol. The number of carbonyl (C=O) groups is 1. The van der Waals surface area contributed by atoms with E-state index < -0.39 is 5.54 Å². The number of nitrogens with two attached hydrogens (primary N) is 1. The lowest BCUT2D eigenvalue weighted by Crippen LogP contribution is -2.76. The van der Waals surface area contributed by atoms with Gasteiger partial charge in [-0.3, -0.25) is 4.79 Å². The van der Waals surface area contributed by atoms with E-state index in [1.807, 2.05) is 27.7 Å². The molecule has 112 valence electrons. The molecule has 0 spiro atoms. The summed E-state index contributed by atoms with van der Waals surface area (Å²) in [6, 6.07) is 0.153. The van der Waals surface area contributed by atoms with E-state index in [-0.39, 0.29) is 23.5 Å². The van der Waals surface area contributed by atoms with Gasteiger partial charge in [-0.05, 0) is 19.8 Å². The van der Waals surface area contributed by atoms with Crippen molar-refractivity contribution in [3.05, 3.63) is 0 Å². The summed E-state index contributed by atoms with van der Waals surface area (Å²) < 4.78 is 5.65. The molecule has 1 rings (SSSR count). The van der Waals surface area contributed by atoms with Crippen LogP contribution in [0.4, 0.5) is 0 Å². The summed E-state index contributed by atoms with van der Waals surface area (Å²) in [6.45, 7) is 13.0. The number of ether oxygens (including phenoxy) is 1. The maximum absolute atomic E-state index is 12.5. The minimum absolute atomic E-state index is 0.0405. The first kappa shape index (κ1) is 16.4. The number of hydrogen-bond acceptors (Lipinski definition) is 3. The van der Waals surface area contributed by atoms with Crippen molar-refractivity contribution in [1.82, 2.24) is 5.32 Å². The normalized spacial score (nSPS) is 32.3. The maximum atomic E-state index is 12.5. The van der Waals surface area contributed by atoms with Crippen molar-refractivity contribution in [3.63, 3.8) is 0 Å². The molecule has 0 aromatic rings. The number of nitrogens with one attached hydrogen (secondary N) is 1. The Bertz CT molecular complexity index is 330. The molecule has 0 aliphatic heterocycles. The van der Waals surface area contributed by atoms with Gasteiger partial charge in [0.25, 0.3) is 0 Å². The summed E-state index contributed by atoms with van der Waals surface area (Å²) in [6.07, 6.45) is 1.73. The summed E-state index contributed by atoms with van der Waals surface area (Å²) >= 11 is 0. The summed E-state index contributed by atoms with van der Waals surface area (Å²) in [7, 11) is 0. The predicted octanol–water partition coefficient (Wildman–Crippen LogP) is 2.07. The second kappa shape index (κ2) is 5.80. The van der Waals surface area contributed by atoms with E-state index in [1.165, 1.54) is 0 Å². The third-order valence-corrected chi connectivity index (χ3v) is 5.09. The summed E-state index contributed by atoms with van der Waals surface area (Å²) in [5.74, 6) is 0.416. The second-order valence-electron chi connectivity index (χ2n) is 6.49. The van der Waals surface area contributed by atoms with Gasteiger partial charge in [0, 0.05) is 24.5 Å². The molecule has 1 fully saturated rings. The predicted molar refractivity (Wildman–Crippen MR) is 77.8 cm³/mol. The highest BCUT2D eigenvalue weighted by molar-refractivity contribution is 5.89. The monoisotopic (exact) mass is 270 g/mol. The van der Waals surface area contributed by atoms with Crippen molar-refractivity contribution >= 4 is 5.91 Å². The zero-order valence-corrected chi connectivity index (χ0v) is 13.2. The first-order valence-corrected chi connectivity index (χ1v) is 7.42. The lowest BCUT2D eigenvalue weighted by atomic mass is 9.54. The molecule has 0 aromatic carbocycles. The van der Waals surface area contributed by atoms with Crippen molar-refractivity contribution in [2.45, 2.75) is 72.1 Å². The molecule has 0 bridgehead atoms. The smallest absolute Gasteiger partial charge is 0.241 e. The number of amides is 1. The Morgan fingerprint density at radius 1 is 1.42 bits per heavy atom. The lowest BCUT2D eigenvalue weighted by Gasteiger charge is -2.57. The van der Waals surface area contributed by atoms with E-state index in [0.29, 0.717) is 18.9 Å². The van der Waals surface area contributed by atoms with E-state index >= 15 is 0 Å². The van der Waals surface area contributed by atoms with E-state index in [9.17, 15) is 4.79 Å². The Labute approximate surface area is 117 Å². The van der Waals surface area contributed by atoms with E-state index in [2.05, 4.69) is 19.2 Å². The first-order chi connectivity index (χ1) is 8.70. The molecule has 1 amide bonds. The minimum atomic E-state index is -0.811. The van der Waals surface area contributed by atoms with Crippen LogP contribution in [0.25, 0.3) is 0 Å². The third kappa shape index (κ3) is 2.79. The van der Waals surface area contributed by atoms with Crippen molar-refractivity contribution in [2.75, 3.05) is 6.61 Å². The van der Waals surface area contributed by atoms with Gasteiger partial charge in [0.15, 0.2) is 0 Å². The maximum Gasteiger partial charge on any atom is 0.241 e. The molecule has 0 radical (unpaired) electrons. The lowest BCUT2D eigenvalue weighted by molar-refractivity contribution is -0.171. The molecule has 3 N–H and O–H groups in total. The third-order valence-electron chi connectivity index (χ3n) is 5.09. The Hall–Kier alpha value is -0.610. The fraction of sp³-hybridized carbons (Fsp3) is 0.933. The van der Waals surface area contributed by atoms with Crippen molar-refractivity contribution in [3.8, 4) is 0 Å². The van der Waals surface area contributed by atoms with Crippen LogP contribution in [0.2, 0.25) is 0 Å². The van der Waals surface area contributed by atoms with Crippen LogP contribution in [-0.4, -0.2) is 30.2 Å². The van der Waals surface area contributed by atoms with Gasteiger partial charge in [0.05, 0.1) is 6.10 Å². The molecule has 1 aliphatic rings. The van der Waals surface area contributed by atoms with E-state index in [0.717, 1.165) is 6.42 Å². The molecule has 0 aromatic heterocycles. The van der Waals surface area contributed by atoms with Gasteiger partial charge in [-0.2, -0.15) is 0 Å². The Balaban J connectivity index is 2.67. The Morgan fingerprint density at radius 2 is 2.00 bits per heavy atom. The fourth-order valence-corrected chi connectivity index (χ4v) is 2.65. The van der Waals surface area contributed by atoms with Crippen LogP contribution in [0, 0.1) is 11.3 Å². The van der Waals surface area contributed by atoms with Gasteiger partial charge in [0.1, 0.15) is 5.54 Å². The molecule has 19 heavy (non-hydrogen) atoms. The van der Waals surface area contributed by atoms with Crippen LogP contribution in [0.15, 0.2) is 0 Å². The van der Waals surface area contributed by atoms with Crippen LogP contribution >= 0.6 is 0 Å². The van der Waals surface area contributed by atoms with E-state index in [1.54, 1.807) is 0 Å². The summed E-state index contributed by atoms with van der Waals surface area (Å²) in [5.41, 5.74) is 5.21. The average molecular weight is 270 g/mol. The Kier molecular flexibility index (Phi) is 5.02. The van der Waals surface area contributed by atoms with Gasteiger partial charge >= 0.3 is 0 Å². The fourth-order valence-electron chi connectivity index (χ4n) is 2.65. The SMILES string of the molecule is CCOC1CC(N)(C(=O)NC(C)C(C)CC)C1(C)C. The van der Waals surface area contributed by atoms with Gasteiger partial charge in [-0.15, -0.1) is 0 Å². The van der Waals surface area contributed by atoms with Crippen molar-refractivity contribution < 1.29 is 9.53 Å². The number of rotatable bonds is 6. The number of carbonyl (C=O) groups excluding carboxylic acids is 1. The summed E-state index contributed by atoms with van der Waals surface area (Å²) in [4.78, 5) is 12.5. The zero-order valence-electron chi connectivity index (χ0n) is 13.2. The minimum Gasteiger partial charge on any atom is -0.378 e. The molecule has 4 nitrogen and oxygen atoms in total. The van der Waals surface area contributed by atoms with Crippen LogP contribution < -0.4 is 11.1 Å².